The molecule has 0 heterocycles. The number of ketones is 4. The Labute approximate surface area is 190 Å². The van der Waals surface area contributed by atoms with Gasteiger partial charge < -0.3 is 18.9 Å². The Morgan fingerprint density at radius 1 is 0.848 bits per heavy atom. The molecule has 0 aromatic rings. The SMILES string of the molecule is COC1C2=CC3=C/C4C(=O)C(=O)C(=O)C(=O)C4/C=C/C=C\3C(OC(C)=O)C2C(OC)C1OC. The van der Waals surface area contributed by atoms with Crippen LogP contribution >= 0.6 is 0 Å². The van der Waals surface area contributed by atoms with Crippen molar-refractivity contribution in [3.05, 3.63) is 47.1 Å². The first kappa shape index (κ1) is 23.2. The molecule has 0 aliphatic heterocycles. The number of carbonyl (C=O) groups excluding carboxylic acids is 5. The number of fused-ring (bicyclic) bond motifs is 3. The molecule has 7 atom stereocenters. The summed E-state index contributed by atoms with van der Waals surface area (Å²) in [6.45, 7) is 1.29. The first-order chi connectivity index (χ1) is 15.7. The van der Waals surface area contributed by atoms with Crippen LogP contribution in [0.5, 0.6) is 0 Å². The van der Waals surface area contributed by atoms with Crippen LogP contribution in [0.2, 0.25) is 0 Å². The number of esters is 1. The van der Waals surface area contributed by atoms with Crippen LogP contribution in [0, 0.1) is 17.8 Å². The molecule has 9 nitrogen and oxygen atoms in total. The molecule has 0 amide bonds. The van der Waals surface area contributed by atoms with Gasteiger partial charge in [0.2, 0.25) is 11.6 Å². The molecule has 4 aliphatic carbocycles. The second-order valence-corrected chi connectivity index (χ2v) is 8.32. The van der Waals surface area contributed by atoms with Gasteiger partial charge in [-0.1, -0.05) is 30.4 Å². The van der Waals surface area contributed by atoms with E-state index in [2.05, 4.69) is 0 Å². The zero-order valence-corrected chi connectivity index (χ0v) is 18.6. The maximum absolute atomic E-state index is 12.7. The van der Waals surface area contributed by atoms with Crippen molar-refractivity contribution in [3.63, 3.8) is 0 Å². The molecule has 0 saturated heterocycles. The molecule has 4 aliphatic rings. The number of hydrogen-bond acceptors (Lipinski definition) is 9. The van der Waals surface area contributed by atoms with E-state index < -0.39 is 71.3 Å². The quantitative estimate of drug-likeness (QED) is 0.439. The number of hydrogen-bond donors (Lipinski definition) is 0. The van der Waals surface area contributed by atoms with Crippen LogP contribution in [0.4, 0.5) is 0 Å². The van der Waals surface area contributed by atoms with Crippen LogP contribution in [0.15, 0.2) is 47.1 Å². The van der Waals surface area contributed by atoms with Crippen LogP contribution in [0.25, 0.3) is 0 Å². The fourth-order valence-electron chi connectivity index (χ4n) is 5.26. The lowest BCUT2D eigenvalue weighted by atomic mass is 9.71. The fourth-order valence-corrected chi connectivity index (χ4v) is 5.26. The molecule has 0 radical (unpaired) electrons. The summed E-state index contributed by atoms with van der Waals surface area (Å²) in [5.74, 6) is -7.61. The largest absolute Gasteiger partial charge is 0.457 e. The Bertz CT molecular complexity index is 1060. The molecule has 0 N–H and O–H groups in total. The molecule has 4 rings (SSSR count). The average Bonchev–Trinajstić information content (AvgIpc) is 3.09. The molecule has 9 heteroatoms. The molecular weight excluding hydrogens is 432 g/mol. The van der Waals surface area contributed by atoms with Crippen molar-refractivity contribution in [1.29, 1.82) is 0 Å². The second kappa shape index (κ2) is 8.74. The first-order valence-corrected chi connectivity index (χ1v) is 10.5. The predicted octanol–water partition coefficient (Wildman–Crippen LogP) is 0.478. The molecule has 174 valence electrons. The summed E-state index contributed by atoms with van der Waals surface area (Å²) in [6, 6.07) is 0. The molecule has 0 bridgehead atoms. The van der Waals surface area contributed by atoms with Crippen LogP contribution in [0.1, 0.15) is 6.92 Å². The van der Waals surface area contributed by atoms with E-state index in [9.17, 15) is 24.0 Å². The standard InChI is InChI=1S/C24H24O9/c1-10(25)33-21-12-6-5-7-13-14(18(27)20(29)19(28)17(13)26)8-11(12)9-15-16(21)23(31-3)24(32-4)22(15)30-2/h5-9,13-14,16,21-24H,1-4H3/b7-5+,11-8-,12-6+. The Balaban J connectivity index is 1.91. The van der Waals surface area contributed by atoms with Crippen molar-refractivity contribution in [2.45, 2.75) is 31.3 Å². The van der Waals surface area contributed by atoms with E-state index in [0.29, 0.717) is 11.1 Å². The van der Waals surface area contributed by atoms with Gasteiger partial charge in [0, 0.05) is 33.8 Å². The summed E-state index contributed by atoms with van der Waals surface area (Å²) in [7, 11) is 4.59. The number of allylic oxidation sites excluding steroid dienone is 5. The highest BCUT2D eigenvalue weighted by Crippen LogP contribution is 2.48. The van der Waals surface area contributed by atoms with Gasteiger partial charge >= 0.3 is 5.97 Å². The van der Waals surface area contributed by atoms with Gasteiger partial charge in [0.15, 0.2) is 0 Å². The minimum Gasteiger partial charge on any atom is -0.457 e. The minimum absolute atomic E-state index is 0.423. The van der Waals surface area contributed by atoms with E-state index in [1.165, 1.54) is 40.4 Å². The van der Waals surface area contributed by atoms with Crippen molar-refractivity contribution in [2.24, 2.45) is 17.8 Å². The molecule has 33 heavy (non-hydrogen) atoms. The lowest BCUT2D eigenvalue weighted by Gasteiger charge is -2.36. The normalized spacial score (nSPS) is 39.6. The highest BCUT2D eigenvalue weighted by molar-refractivity contribution is 6.80. The van der Waals surface area contributed by atoms with Gasteiger partial charge in [-0.05, 0) is 11.1 Å². The van der Waals surface area contributed by atoms with Crippen LogP contribution in [-0.4, -0.2) is 74.8 Å². The number of carbonyl (C=O) groups is 5. The Morgan fingerprint density at radius 2 is 1.48 bits per heavy atom. The Hall–Kier alpha value is -3.01. The van der Waals surface area contributed by atoms with Gasteiger partial charge in [-0.2, -0.15) is 0 Å². The topological polar surface area (TPSA) is 122 Å². The third kappa shape index (κ3) is 3.56. The summed E-state index contributed by atoms with van der Waals surface area (Å²) >= 11 is 0. The smallest absolute Gasteiger partial charge is 0.303 e. The summed E-state index contributed by atoms with van der Waals surface area (Å²) in [6.07, 6.45) is 5.66. The van der Waals surface area contributed by atoms with Gasteiger partial charge in [0.25, 0.3) is 11.6 Å². The number of Topliss-reactive ketones (excluding diaryl/α,β-unsaturated/α-hetero) is 4. The molecule has 0 spiro atoms. The average molecular weight is 456 g/mol. The predicted molar refractivity (Wildman–Crippen MR) is 112 cm³/mol. The minimum atomic E-state index is -1.31. The zero-order chi connectivity index (χ0) is 24.0. The van der Waals surface area contributed by atoms with E-state index in [4.69, 9.17) is 18.9 Å². The Kier molecular flexibility index (Phi) is 6.13. The molecule has 0 aromatic carbocycles. The van der Waals surface area contributed by atoms with Crippen LogP contribution < -0.4 is 0 Å². The van der Waals surface area contributed by atoms with E-state index in [1.54, 1.807) is 18.2 Å². The van der Waals surface area contributed by atoms with E-state index in [-0.39, 0.29) is 0 Å². The lowest BCUT2D eigenvalue weighted by Crippen LogP contribution is -2.47. The Morgan fingerprint density at radius 3 is 2.06 bits per heavy atom. The van der Waals surface area contributed by atoms with Gasteiger partial charge in [-0.15, -0.1) is 0 Å². The molecule has 7 unspecified atom stereocenters. The van der Waals surface area contributed by atoms with E-state index in [0.717, 1.165) is 5.57 Å². The maximum atomic E-state index is 12.7. The number of rotatable bonds is 4. The van der Waals surface area contributed by atoms with Gasteiger partial charge in [-0.25, -0.2) is 0 Å². The fraction of sp³-hybridized carbons (Fsp3) is 0.458. The number of ether oxygens (including phenoxy) is 4. The zero-order valence-electron chi connectivity index (χ0n) is 18.6. The molecule has 0 aromatic heterocycles. The monoisotopic (exact) mass is 456 g/mol. The van der Waals surface area contributed by atoms with E-state index in [1.807, 2.05) is 0 Å². The summed E-state index contributed by atoms with van der Waals surface area (Å²) in [5, 5.41) is 0. The summed E-state index contributed by atoms with van der Waals surface area (Å²) in [4.78, 5) is 61.1. The van der Waals surface area contributed by atoms with Gasteiger partial charge in [0.1, 0.15) is 18.3 Å². The van der Waals surface area contributed by atoms with Crippen molar-refractivity contribution < 1.29 is 42.9 Å². The van der Waals surface area contributed by atoms with Gasteiger partial charge in [0.05, 0.1) is 23.9 Å². The molecular formula is C24H24O9. The molecule has 2 fully saturated rings. The summed E-state index contributed by atoms with van der Waals surface area (Å²) in [5.41, 5.74) is 1.82. The van der Waals surface area contributed by atoms with Crippen molar-refractivity contribution in [3.8, 4) is 0 Å². The highest BCUT2D eigenvalue weighted by Gasteiger charge is 2.55. The third-order valence-electron chi connectivity index (χ3n) is 6.67. The van der Waals surface area contributed by atoms with Crippen LogP contribution in [0.3, 0.4) is 0 Å². The van der Waals surface area contributed by atoms with Crippen LogP contribution in [-0.2, 0) is 42.9 Å². The number of methoxy groups -OCH3 is 3. The van der Waals surface area contributed by atoms with Crippen molar-refractivity contribution in [2.75, 3.05) is 21.3 Å². The first-order valence-electron chi connectivity index (χ1n) is 10.5. The highest BCUT2D eigenvalue weighted by atomic mass is 16.6. The lowest BCUT2D eigenvalue weighted by molar-refractivity contribution is -0.153. The maximum Gasteiger partial charge on any atom is 0.303 e. The van der Waals surface area contributed by atoms with Crippen molar-refractivity contribution >= 4 is 29.1 Å². The summed E-state index contributed by atoms with van der Waals surface area (Å²) < 4.78 is 22.8. The molecule has 2 saturated carbocycles. The van der Waals surface area contributed by atoms with Crippen molar-refractivity contribution in [1.82, 2.24) is 0 Å². The van der Waals surface area contributed by atoms with E-state index >= 15 is 0 Å². The third-order valence-corrected chi connectivity index (χ3v) is 6.67. The second-order valence-electron chi connectivity index (χ2n) is 8.32. The van der Waals surface area contributed by atoms with Gasteiger partial charge in [-0.3, -0.25) is 24.0 Å².